The molecule has 1 fully saturated rings. The van der Waals surface area contributed by atoms with Crippen molar-refractivity contribution in [3.63, 3.8) is 0 Å². The molecule has 2 aliphatic heterocycles. The normalized spacial score (nSPS) is 18.3. The molecule has 0 saturated carbocycles. The number of halogens is 1. The highest BCUT2D eigenvalue weighted by Crippen LogP contribution is 2.34. The van der Waals surface area contributed by atoms with E-state index in [9.17, 15) is 14.4 Å². The van der Waals surface area contributed by atoms with Crippen molar-refractivity contribution < 1.29 is 28.6 Å². The number of carbonyl (C=O) groups excluding carboxylic acids is 3. The molecule has 2 atom stereocenters. The van der Waals surface area contributed by atoms with E-state index < -0.39 is 6.04 Å². The van der Waals surface area contributed by atoms with Gasteiger partial charge in [0.1, 0.15) is 17.5 Å². The first-order valence-corrected chi connectivity index (χ1v) is 11.2. The first-order valence-electron chi connectivity index (χ1n) is 10.8. The first-order chi connectivity index (χ1) is 15.9. The number of hydrogen-bond acceptors (Lipinski definition) is 6. The van der Waals surface area contributed by atoms with Crippen molar-refractivity contribution in [2.24, 2.45) is 0 Å². The van der Waals surface area contributed by atoms with Crippen molar-refractivity contribution in [1.29, 1.82) is 0 Å². The standard InChI is InChI=1S/C24H25ClN2O6/c1-15(24(30)26-12-19-3-2-10-31-19)27-20-11-16(4-9-22(20)33-14-23(27)29)21(28)13-32-18-7-5-17(25)6-8-18/h4-9,11,15,19H,2-3,10,12-14H2,1H3,(H,26,30)/t15-,19+/m1/s1. The Labute approximate surface area is 196 Å². The van der Waals surface area contributed by atoms with Crippen molar-refractivity contribution in [2.75, 3.05) is 31.3 Å². The average Bonchev–Trinajstić information content (AvgIpc) is 3.35. The van der Waals surface area contributed by atoms with Gasteiger partial charge in [0.05, 0.1) is 11.8 Å². The van der Waals surface area contributed by atoms with Crippen molar-refractivity contribution in [1.82, 2.24) is 5.32 Å². The number of anilines is 1. The summed E-state index contributed by atoms with van der Waals surface area (Å²) in [7, 11) is 0. The molecular formula is C24H25ClN2O6. The third-order valence-corrected chi connectivity index (χ3v) is 5.89. The van der Waals surface area contributed by atoms with Gasteiger partial charge in [-0.2, -0.15) is 0 Å². The molecular weight excluding hydrogens is 448 g/mol. The number of fused-ring (bicyclic) bond motifs is 1. The number of carbonyl (C=O) groups is 3. The fourth-order valence-electron chi connectivity index (χ4n) is 3.82. The molecule has 2 aliphatic rings. The maximum atomic E-state index is 12.8. The van der Waals surface area contributed by atoms with Gasteiger partial charge < -0.3 is 19.5 Å². The van der Waals surface area contributed by atoms with Crippen molar-refractivity contribution >= 4 is 34.9 Å². The van der Waals surface area contributed by atoms with Gasteiger partial charge in [0.25, 0.3) is 5.91 Å². The van der Waals surface area contributed by atoms with Crippen molar-refractivity contribution in [2.45, 2.75) is 31.9 Å². The molecule has 1 saturated heterocycles. The minimum absolute atomic E-state index is 0.00121. The Bertz CT molecular complexity index is 1040. The van der Waals surface area contributed by atoms with Crippen LogP contribution in [-0.2, 0) is 14.3 Å². The summed E-state index contributed by atoms with van der Waals surface area (Å²) in [6.45, 7) is 2.38. The van der Waals surface area contributed by atoms with Crippen molar-refractivity contribution in [3.05, 3.63) is 53.1 Å². The second kappa shape index (κ2) is 10.2. The van der Waals surface area contributed by atoms with E-state index in [2.05, 4.69) is 5.32 Å². The molecule has 8 nitrogen and oxygen atoms in total. The van der Waals surface area contributed by atoms with Gasteiger partial charge in [0.15, 0.2) is 19.0 Å². The molecule has 2 aromatic rings. The molecule has 1 N–H and O–H groups in total. The van der Waals surface area contributed by atoms with Crippen LogP contribution in [0.25, 0.3) is 0 Å². The molecule has 2 heterocycles. The molecule has 33 heavy (non-hydrogen) atoms. The van der Waals surface area contributed by atoms with E-state index in [0.717, 1.165) is 12.8 Å². The van der Waals surface area contributed by atoms with Gasteiger partial charge >= 0.3 is 0 Å². The lowest BCUT2D eigenvalue weighted by atomic mass is 10.1. The van der Waals surface area contributed by atoms with Crippen LogP contribution in [-0.4, -0.2) is 56.1 Å². The number of Topliss-reactive ketones (excluding diaryl/α,β-unsaturated/α-hetero) is 1. The molecule has 0 radical (unpaired) electrons. The van der Waals surface area contributed by atoms with Crippen LogP contribution in [0.15, 0.2) is 42.5 Å². The van der Waals surface area contributed by atoms with Crippen LogP contribution in [0, 0.1) is 0 Å². The molecule has 2 aromatic carbocycles. The fourth-order valence-corrected chi connectivity index (χ4v) is 3.94. The van der Waals surface area contributed by atoms with Gasteiger partial charge in [-0.3, -0.25) is 19.3 Å². The SMILES string of the molecule is C[C@H](C(=O)NC[C@@H]1CCCO1)N1C(=O)COc2ccc(C(=O)COc3ccc(Cl)cc3)cc21. The lowest BCUT2D eigenvalue weighted by molar-refractivity contribution is -0.127. The van der Waals surface area contributed by atoms with Crippen LogP contribution < -0.4 is 19.7 Å². The average molecular weight is 473 g/mol. The Morgan fingerprint density at radius 1 is 1.24 bits per heavy atom. The minimum atomic E-state index is -0.780. The quantitative estimate of drug-likeness (QED) is 0.593. The van der Waals surface area contributed by atoms with E-state index in [1.54, 1.807) is 49.4 Å². The zero-order valence-corrected chi connectivity index (χ0v) is 19.0. The smallest absolute Gasteiger partial charge is 0.265 e. The number of benzene rings is 2. The van der Waals surface area contributed by atoms with E-state index in [-0.39, 0.29) is 36.9 Å². The lowest BCUT2D eigenvalue weighted by Crippen LogP contribution is -2.52. The van der Waals surface area contributed by atoms with Gasteiger partial charge in [-0.15, -0.1) is 0 Å². The summed E-state index contributed by atoms with van der Waals surface area (Å²) >= 11 is 5.86. The number of amides is 2. The summed E-state index contributed by atoms with van der Waals surface area (Å²) in [4.78, 5) is 39.5. The topological polar surface area (TPSA) is 94.2 Å². The molecule has 0 spiro atoms. The maximum absolute atomic E-state index is 12.8. The molecule has 174 valence electrons. The fraction of sp³-hybridized carbons (Fsp3) is 0.375. The Balaban J connectivity index is 1.46. The number of nitrogens with zero attached hydrogens (tertiary/aromatic N) is 1. The van der Waals surface area contributed by atoms with Gasteiger partial charge in [-0.25, -0.2) is 0 Å². The van der Waals surface area contributed by atoms with Crippen LogP contribution in [0.1, 0.15) is 30.1 Å². The van der Waals surface area contributed by atoms with Crippen LogP contribution in [0.5, 0.6) is 11.5 Å². The molecule has 0 aromatic heterocycles. The van der Waals surface area contributed by atoms with E-state index in [1.807, 2.05) is 0 Å². The maximum Gasteiger partial charge on any atom is 0.265 e. The number of ether oxygens (including phenoxy) is 3. The minimum Gasteiger partial charge on any atom is -0.485 e. The first kappa shape index (κ1) is 23.1. The second-order valence-electron chi connectivity index (χ2n) is 7.96. The molecule has 4 rings (SSSR count). The highest BCUT2D eigenvalue weighted by atomic mass is 35.5. The summed E-state index contributed by atoms with van der Waals surface area (Å²) < 4.78 is 16.6. The summed E-state index contributed by atoms with van der Waals surface area (Å²) in [6, 6.07) is 10.7. The molecule has 0 bridgehead atoms. The van der Waals surface area contributed by atoms with Crippen molar-refractivity contribution in [3.8, 4) is 11.5 Å². The van der Waals surface area contributed by atoms with Crippen LogP contribution >= 0.6 is 11.6 Å². The zero-order chi connectivity index (χ0) is 23.4. The van der Waals surface area contributed by atoms with Gasteiger partial charge in [-0.1, -0.05) is 11.6 Å². The number of ketones is 1. The predicted molar refractivity (Wildman–Crippen MR) is 122 cm³/mol. The van der Waals surface area contributed by atoms with Crippen LogP contribution in [0.2, 0.25) is 5.02 Å². The van der Waals surface area contributed by atoms with Gasteiger partial charge in [0, 0.05) is 23.7 Å². The summed E-state index contributed by atoms with van der Waals surface area (Å²) in [5, 5.41) is 3.43. The highest BCUT2D eigenvalue weighted by molar-refractivity contribution is 6.30. The Morgan fingerprint density at radius 3 is 2.76 bits per heavy atom. The van der Waals surface area contributed by atoms with Crippen LogP contribution in [0.3, 0.4) is 0 Å². The largest absolute Gasteiger partial charge is 0.485 e. The summed E-state index contributed by atoms with van der Waals surface area (Å²) in [5.41, 5.74) is 0.723. The Hall–Kier alpha value is -3.10. The third kappa shape index (κ3) is 5.46. The van der Waals surface area contributed by atoms with Crippen LogP contribution in [0.4, 0.5) is 5.69 Å². The van der Waals surface area contributed by atoms with Gasteiger partial charge in [-0.05, 0) is 62.2 Å². The molecule has 2 amide bonds. The number of nitrogens with one attached hydrogen (secondary N) is 1. The predicted octanol–water partition coefficient (Wildman–Crippen LogP) is 3.01. The zero-order valence-electron chi connectivity index (χ0n) is 18.2. The Morgan fingerprint density at radius 2 is 2.03 bits per heavy atom. The Kier molecular flexibility index (Phi) is 7.15. The van der Waals surface area contributed by atoms with E-state index in [4.69, 9.17) is 25.8 Å². The molecule has 9 heteroatoms. The number of hydrogen-bond donors (Lipinski definition) is 1. The van der Waals surface area contributed by atoms with Gasteiger partial charge in [0.2, 0.25) is 5.91 Å². The third-order valence-electron chi connectivity index (χ3n) is 5.64. The van der Waals surface area contributed by atoms with E-state index in [1.165, 1.54) is 4.90 Å². The lowest BCUT2D eigenvalue weighted by Gasteiger charge is -2.33. The van der Waals surface area contributed by atoms with E-state index >= 15 is 0 Å². The monoisotopic (exact) mass is 472 g/mol. The highest BCUT2D eigenvalue weighted by Gasteiger charge is 2.34. The molecule has 0 unspecified atom stereocenters. The molecule has 0 aliphatic carbocycles. The van der Waals surface area contributed by atoms with E-state index in [0.29, 0.717) is 40.9 Å². The summed E-state index contributed by atoms with van der Waals surface area (Å²) in [6.07, 6.45) is 1.88. The summed E-state index contributed by atoms with van der Waals surface area (Å²) in [5.74, 6) is 0.0194. The number of rotatable bonds is 8. The second-order valence-corrected chi connectivity index (χ2v) is 8.39.